The first-order chi connectivity index (χ1) is 10.8. The number of halogens is 5. The summed E-state index contributed by atoms with van der Waals surface area (Å²) in [5.74, 6) is -2.09. The molecular weight excluding hydrogens is 334 g/mol. The van der Waals surface area contributed by atoms with Crippen molar-refractivity contribution in [3.63, 3.8) is 0 Å². The Kier molecular flexibility index (Phi) is 3.81. The Labute approximate surface area is 132 Å². The molecule has 0 atom stereocenters. The van der Waals surface area contributed by atoms with Crippen molar-refractivity contribution >= 4 is 34.0 Å². The first kappa shape index (κ1) is 15.5. The van der Waals surface area contributed by atoms with Crippen LogP contribution in [0.1, 0.15) is 5.82 Å². The number of anilines is 2. The van der Waals surface area contributed by atoms with Gasteiger partial charge in [-0.05, 0) is 30.3 Å². The van der Waals surface area contributed by atoms with Crippen molar-refractivity contribution in [2.45, 2.75) is 6.18 Å². The largest absolute Gasteiger partial charge is 0.451 e. The Bertz CT molecular complexity index is 880. The number of nitrogens with one attached hydrogen (secondary N) is 1. The van der Waals surface area contributed by atoms with Gasteiger partial charge in [0.15, 0.2) is 0 Å². The van der Waals surface area contributed by atoms with Gasteiger partial charge < -0.3 is 5.32 Å². The second-order valence-corrected chi connectivity index (χ2v) is 5.07. The molecule has 0 aliphatic heterocycles. The van der Waals surface area contributed by atoms with E-state index in [0.29, 0.717) is 10.7 Å². The Hall–Kier alpha value is -2.41. The molecule has 0 spiro atoms. The van der Waals surface area contributed by atoms with E-state index in [1.807, 2.05) is 0 Å². The molecule has 1 N–H and O–H groups in total. The summed E-state index contributed by atoms with van der Waals surface area (Å²) in [4.78, 5) is 6.91. The third-order valence-electron chi connectivity index (χ3n) is 3.04. The Morgan fingerprint density at radius 2 is 1.74 bits per heavy atom. The van der Waals surface area contributed by atoms with E-state index in [4.69, 9.17) is 11.6 Å². The van der Waals surface area contributed by atoms with Crippen molar-refractivity contribution in [1.82, 2.24) is 9.97 Å². The number of rotatable bonds is 2. The maximum absolute atomic E-state index is 13.4. The summed E-state index contributed by atoms with van der Waals surface area (Å²) in [6, 6.07) is 9.74. The maximum Gasteiger partial charge on any atom is 0.451 e. The highest BCUT2D eigenvalue weighted by Gasteiger charge is 2.35. The smallest absolute Gasteiger partial charge is 0.338 e. The summed E-state index contributed by atoms with van der Waals surface area (Å²) in [7, 11) is 0. The minimum atomic E-state index is -4.72. The van der Waals surface area contributed by atoms with Crippen molar-refractivity contribution in [3.8, 4) is 0 Å². The van der Waals surface area contributed by atoms with Crippen LogP contribution in [-0.2, 0) is 6.18 Å². The van der Waals surface area contributed by atoms with Gasteiger partial charge in [-0.2, -0.15) is 13.2 Å². The van der Waals surface area contributed by atoms with Crippen LogP contribution in [0.2, 0.25) is 5.02 Å². The summed E-state index contributed by atoms with van der Waals surface area (Å²) < 4.78 is 52.3. The third-order valence-corrected chi connectivity index (χ3v) is 3.37. The monoisotopic (exact) mass is 341 g/mol. The van der Waals surface area contributed by atoms with E-state index in [1.54, 1.807) is 24.3 Å². The van der Waals surface area contributed by atoms with Crippen molar-refractivity contribution < 1.29 is 17.6 Å². The molecule has 0 saturated heterocycles. The molecule has 1 aromatic heterocycles. The molecule has 118 valence electrons. The molecule has 2 aromatic carbocycles. The van der Waals surface area contributed by atoms with Crippen molar-refractivity contribution in [2.75, 3.05) is 5.32 Å². The van der Waals surface area contributed by atoms with Crippen LogP contribution in [0.5, 0.6) is 0 Å². The molecule has 0 aliphatic rings. The fourth-order valence-corrected chi connectivity index (χ4v) is 2.20. The predicted molar refractivity (Wildman–Crippen MR) is 79.2 cm³/mol. The van der Waals surface area contributed by atoms with Gasteiger partial charge >= 0.3 is 6.18 Å². The van der Waals surface area contributed by atoms with Gasteiger partial charge in [0.1, 0.15) is 11.6 Å². The van der Waals surface area contributed by atoms with Gasteiger partial charge in [-0.25, -0.2) is 14.4 Å². The molecule has 3 nitrogen and oxygen atoms in total. The van der Waals surface area contributed by atoms with Crippen LogP contribution in [-0.4, -0.2) is 9.97 Å². The van der Waals surface area contributed by atoms with Gasteiger partial charge in [0.25, 0.3) is 0 Å². The standard InChI is InChI=1S/C15H8ClF4N3/c16-10-3-1-2-4-12(10)21-13-9-7-8(17)5-6-11(9)22-14(23-13)15(18,19)20/h1-7H,(H,21,22,23). The number of benzene rings is 2. The summed E-state index contributed by atoms with van der Waals surface area (Å²) in [5, 5.41) is 3.12. The van der Waals surface area contributed by atoms with E-state index in [1.165, 1.54) is 6.07 Å². The summed E-state index contributed by atoms with van der Waals surface area (Å²) >= 11 is 5.98. The number of hydrogen-bond donors (Lipinski definition) is 1. The topological polar surface area (TPSA) is 37.8 Å². The zero-order chi connectivity index (χ0) is 16.6. The highest BCUT2D eigenvalue weighted by Crippen LogP contribution is 2.33. The highest BCUT2D eigenvalue weighted by molar-refractivity contribution is 6.33. The maximum atomic E-state index is 13.4. The molecule has 0 unspecified atom stereocenters. The van der Waals surface area contributed by atoms with Crippen LogP contribution >= 0.6 is 11.6 Å². The van der Waals surface area contributed by atoms with Crippen LogP contribution in [0.3, 0.4) is 0 Å². The zero-order valence-electron chi connectivity index (χ0n) is 11.3. The van der Waals surface area contributed by atoms with Gasteiger partial charge in [0, 0.05) is 5.39 Å². The molecule has 0 bridgehead atoms. The van der Waals surface area contributed by atoms with Crippen molar-refractivity contribution in [2.24, 2.45) is 0 Å². The minimum absolute atomic E-state index is 0.0247. The lowest BCUT2D eigenvalue weighted by Crippen LogP contribution is -2.12. The van der Waals surface area contributed by atoms with Crippen molar-refractivity contribution in [1.29, 1.82) is 0 Å². The van der Waals surface area contributed by atoms with E-state index in [0.717, 1.165) is 12.1 Å². The van der Waals surface area contributed by atoms with Gasteiger partial charge in [-0.3, -0.25) is 0 Å². The average Bonchev–Trinajstić information content (AvgIpc) is 2.48. The second-order valence-electron chi connectivity index (χ2n) is 4.66. The lowest BCUT2D eigenvalue weighted by atomic mass is 10.2. The highest BCUT2D eigenvalue weighted by atomic mass is 35.5. The number of hydrogen-bond acceptors (Lipinski definition) is 3. The molecule has 0 saturated carbocycles. The van der Waals surface area contributed by atoms with Gasteiger partial charge in [0.2, 0.25) is 5.82 Å². The Balaban J connectivity index is 2.20. The first-order valence-corrected chi connectivity index (χ1v) is 6.78. The lowest BCUT2D eigenvalue weighted by Gasteiger charge is -2.13. The fourth-order valence-electron chi connectivity index (χ4n) is 2.01. The molecule has 3 rings (SSSR count). The molecule has 0 amide bonds. The van der Waals surface area contributed by atoms with E-state index in [-0.39, 0.29) is 16.7 Å². The first-order valence-electron chi connectivity index (χ1n) is 6.40. The molecule has 3 aromatic rings. The lowest BCUT2D eigenvalue weighted by molar-refractivity contribution is -0.144. The molecule has 1 heterocycles. The summed E-state index contributed by atoms with van der Waals surface area (Å²) in [6.45, 7) is 0. The van der Waals surface area contributed by atoms with Crippen LogP contribution in [0.4, 0.5) is 29.1 Å². The van der Waals surface area contributed by atoms with Crippen molar-refractivity contribution in [3.05, 3.63) is 59.1 Å². The van der Waals surface area contributed by atoms with Crippen LogP contribution in [0, 0.1) is 5.82 Å². The number of aromatic nitrogens is 2. The van der Waals surface area contributed by atoms with E-state index < -0.39 is 17.8 Å². The minimum Gasteiger partial charge on any atom is -0.338 e. The van der Waals surface area contributed by atoms with Gasteiger partial charge in [-0.1, -0.05) is 23.7 Å². The Morgan fingerprint density at radius 3 is 2.43 bits per heavy atom. The molecule has 0 fully saturated rings. The SMILES string of the molecule is Fc1ccc2nc(C(F)(F)F)nc(Nc3ccccc3Cl)c2c1. The fraction of sp³-hybridized carbons (Fsp3) is 0.0667. The third kappa shape index (κ3) is 3.19. The summed E-state index contributed by atoms with van der Waals surface area (Å²) in [5.41, 5.74) is 0.329. The second kappa shape index (κ2) is 5.66. The quantitative estimate of drug-likeness (QED) is 0.652. The number of nitrogens with zero attached hydrogens (tertiary/aromatic N) is 2. The van der Waals surface area contributed by atoms with E-state index in [2.05, 4.69) is 15.3 Å². The average molecular weight is 342 g/mol. The van der Waals surface area contributed by atoms with Gasteiger partial charge in [0.05, 0.1) is 16.2 Å². The zero-order valence-corrected chi connectivity index (χ0v) is 12.1. The molecule has 23 heavy (non-hydrogen) atoms. The van der Waals surface area contributed by atoms with Crippen LogP contribution in [0.15, 0.2) is 42.5 Å². The van der Waals surface area contributed by atoms with Crippen LogP contribution in [0.25, 0.3) is 10.9 Å². The molecule has 8 heteroatoms. The van der Waals surface area contributed by atoms with E-state index >= 15 is 0 Å². The van der Waals surface area contributed by atoms with Crippen LogP contribution < -0.4 is 5.32 Å². The predicted octanol–water partition coefficient (Wildman–Crippen LogP) is 5.18. The van der Waals surface area contributed by atoms with Gasteiger partial charge in [-0.15, -0.1) is 0 Å². The molecule has 0 radical (unpaired) electrons. The normalized spacial score (nSPS) is 11.7. The summed E-state index contributed by atoms with van der Waals surface area (Å²) in [6.07, 6.45) is -4.72. The molecule has 0 aliphatic carbocycles. The Morgan fingerprint density at radius 1 is 1.00 bits per heavy atom. The molecular formula is C15H8ClF4N3. The number of alkyl halides is 3. The number of fused-ring (bicyclic) bond motifs is 1. The number of para-hydroxylation sites is 1. The van der Waals surface area contributed by atoms with E-state index in [9.17, 15) is 17.6 Å².